The van der Waals surface area contributed by atoms with Crippen LogP contribution in [0.5, 0.6) is 0 Å². The third-order valence-electron chi connectivity index (χ3n) is 3.44. The zero-order chi connectivity index (χ0) is 14.9. The van der Waals surface area contributed by atoms with Crippen molar-refractivity contribution in [2.75, 3.05) is 24.2 Å². The lowest BCUT2D eigenvalue weighted by Crippen LogP contribution is -2.42. The second-order valence-corrected chi connectivity index (χ2v) is 5.14. The largest absolute Gasteiger partial charge is 0.399 e. The first-order valence-electron chi connectivity index (χ1n) is 6.32. The van der Waals surface area contributed by atoms with Crippen LogP contribution in [0.25, 0.3) is 0 Å². The summed E-state index contributed by atoms with van der Waals surface area (Å²) < 4.78 is 0. The molecule has 1 aliphatic rings. The summed E-state index contributed by atoms with van der Waals surface area (Å²) in [7, 11) is 1.58. The molecule has 0 radical (unpaired) electrons. The number of nitrogens with zero attached hydrogens (tertiary/aromatic N) is 1. The van der Waals surface area contributed by atoms with Gasteiger partial charge < -0.3 is 21.7 Å². The van der Waals surface area contributed by atoms with E-state index in [1.54, 1.807) is 13.1 Å². The number of nitrogen functional groups attached to an aromatic ring is 1. The number of likely N-dealkylation sites (N-methyl/N-ethyl adjacent to an activating group) is 1. The Balaban J connectivity index is 2.51. The van der Waals surface area contributed by atoms with Crippen molar-refractivity contribution in [3.63, 3.8) is 0 Å². The SMILES string of the molecule is CNC(=O)C1CCCN1c1c(Cl)cc(N)cc1C(N)=O. The molecular formula is C13H17ClN4O2. The lowest BCUT2D eigenvalue weighted by Gasteiger charge is -2.28. The summed E-state index contributed by atoms with van der Waals surface area (Å²) in [4.78, 5) is 25.4. The fourth-order valence-corrected chi connectivity index (χ4v) is 2.91. The van der Waals surface area contributed by atoms with E-state index in [2.05, 4.69) is 5.32 Å². The fourth-order valence-electron chi connectivity index (χ4n) is 2.57. The molecule has 7 heteroatoms. The van der Waals surface area contributed by atoms with Crippen molar-refractivity contribution in [3.8, 4) is 0 Å². The molecule has 1 unspecified atom stereocenters. The maximum absolute atomic E-state index is 11.9. The van der Waals surface area contributed by atoms with Gasteiger partial charge in [0.25, 0.3) is 5.91 Å². The molecule has 2 rings (SSSR count). The molecule has 0 aromatic heterocycles. The van der Waals surface area contributed by atoms with Crippen LogP contribution in [0.15, 0.2) is 12.1 Å². The highest BCUT2D eigenvalue weighted by atomic mass is 35.5. The molecule has 5 N–H and O–H groups in total. The molecule has 1 atom stereocenters. The third-order valence-corrected chi connectivity index (χ3v) is 3.73. The van der Waals surface area contributed by atoms with Gasteiger partial charge in [0.1, 0.15) is 6.04 Å². The van der Waals surface area contributed by atoms with E-state index in [1.807, 2.05) is 4.90 Å². The summed E-state index contributed by atoms with van der Waals surface area (Å²) in [5, 5.41) is 2.95. The molecule has 1 aromatic rings. The molecule has 108 valence electrons. The minimum absolute atomic E-state index is 0.106. The number of hydrogen-bond donors (Lipinski definition) is 3. The smallest absolute Gasteiger partial charge is 0.250 e. The molecule has 0 spiro atoms. The molecular weight excluding hydrogens is 280 g/mol. The van der Waals surface area contributed by atoms with Gasteiger partial charge in [-0.3, -0.25) is 9.59 Å². The van der Waals surface area contributed by atoms with Crippen LogP contribution in [0, 0.1) is 0 Å². The number of nitrogens with one attached hydrogen (secondary N) is 1. The number of carbonyl (C=O) groups excluding carboxylic acids is 2. The Morgan fingerprint density at radius 3 is 2.75 bits per heavy atom. The van der Waals surface area contributed by atoms with E-state index in [0.717, 1.165) is 6.42 Å². The predicted octanol–water partition coefficient (Wildman–Crippen LogP) is 0.736. The number of benzene rings is 1. The van der Waals surface area contributed by atoms with Crippen molar-refractivity contribution in [1.29, 1.82) is 0 Å². The number of nitrogens with two attached hydrogens (primary N) is 2. The molecule has 1 fully saturated rings. The van der Waals surface area contributed by atoms with Crippen LogP contribution in [0.4, 0.5) is 11.4 Å². The van der Waals surface area contributed by atoms with Crippen molar-refractivity contribution in [2.45, 2.75) is 18.9 Å². The third kappa shape index (κ3) is 2.51. The maximum Gasteiger partial charge on any atom is 0.250 e. The van der Waals surface area contributed by atoms with E-state index in [-0.39, 0.29) is 17.5 Å². The summed E-state index contributed by atoms with van der Waals surface area (Å²) in [6.07, 6.45) is 1.55. The number of anilines is 2. The standard InChI is InChI=1S/C13H17ClN4O2/c1-17-13(20)10-3-2-4-18(10)11-8(12(16)19)5-7(15)6-9(11)14/h5-6,10H,2-4,15H2,1H3,(H2,16,19)(H,17,20). The lowest BCUT2D eigenvalue weighted by molar-refractivity contribution is -0.121. The minimum Gasteiger partial charge on any atom is -0.399 e. The zero-order valence-electron chi connectivity index (χ0n) is 11.1. The van der Waals surface area contributed by atoms with Crippen LogP contribution in [0.3, 0.4) is 0 Å². The van der Waals surface area contributed by atoms with Gasteiger partial charge in [0.05, 0.1) is 16.3 Å². The Hall–Kier alpha value is -1.95. The highest BCUT2D eigenvalue weighted by Crippen LogP contribution is 2.36. The average molecular weight is 297 g/mol. The van der Waals surface area contributed by atoms with Crippen LogP contribution in [0.2, 0.25) is 5.02 Å². The van der Waals surface area contributed by atoms with Gasteiger partial charge in [-0.2, -0.15) is 0 Å². The van der Waals surface area contributed by atoms with Gasteiger partial charge in [0.2, 0.25) is 5.91 Å². The van der Waals surface area contributed by atoms with E-state index in [9.17, 15) is 9.59 Å². The van der Waals surface area contributed by atoms with Crippen molar-refractivity contribution in [1.82, 2.24) is 5.32 Å². The van der Waals surface area contributed by atoms with Gasteiger partial charge >= 0.3 is 0 Å². The number of hydrogen-bond acceptors (Lipinski definition) is 4. The molecule has 1 saturated heterocycles. The van der Waals surface area contributed by atoms with Crippen LogP contribution in [-0.4, -0.2) is 31.4 Å². The van der Waals surface area contributed by atoms with Crippen LogP contribution >= 0.6 is 11.6 Å². The first-order chi connectivity index (χ1) is 9.45. The molecule has 0 aliphatic carbocycles. The number of primary amides is 1. The van der Waals surface area contributed by atoms with Gasteiger partial charge in [-0.25, -0.2) is 0 Å². The lowest BCUT2D eigenvalue weighted by atomic mass is 10.1. The Kier molecular flexibility index (Phi) is 4.04. The highest BCUT2D eigenvalue weighted by Gasteiger charge is 2.33. The van der Waals surface area contributed by atoms with Gasteiger partial charge in [-0.1, -0.05) is 11.6 Å². The first-order valence-corrected chi connectivity index (χ1v) is 6.70. The highest BCUT2D eigenvalue weighted by molar-refractivity contribution is 6.34. The quantitative estimate of drug-likeness (QED) is 0.716. The van der Waals surface area contributed by atoms with Crippen molar-refractivity contribution in [2.24, 2.45) is 5.73 Å². The Morgan fingerprint density at radius 2 is 2.15 bits per heavy atom. The van der Waals surface area contributed by atoms with Gasteiger partial charge in [-0.05, 0) is 25.0 Å². The summed E-state index contributed by atoms with van der Waals surface area (Å²) in [6.45, 7) is 0.641. The van der Waals surface area contributed by atoms with E-state index >= 15 is 0 Å². The van der Waals surface area contributed by atoms with Gasteiger partial charge in [-0.15, -0.1) is 0 Å². The van der Waals surface area contributed by atoms with Gasteiger partial charge in [0, 0.05) is 19.3 Å². The summed E-state index contributed by atoms with van der Waals surface area (Å²) >= 11 is 6.21. The molecule has 0 saturated carbocycles. The minimum atomic E-state index is -0.614. The molecule has 20 heavy (non-hydrogen) atoms. The number of amides is 2. The molecule has 1 aromatic carbocycles. The maximum atomic E-state index is 11.9. The molecule has 1 aliphatic heterocycles. The Labute approximate surface area is 122 Å². The Morgan fingerprint density at radius 1 is 1.45 bits per heavy atom. The topological polar surface area (TPSA) is 101 Å². The van der Waals surface area contributed by atoms with E-state index in [4.69, 9.17) is 23.1 Å². The molecule has 2 amide bonds. The van der Waals surface area contributed by atoms with Crippen LogP contribution in [-0.2, 0) is 4.79 Å². The van der Waals surface area contributed by atoms with Crippen LogP contribution in [0.1, 0.15) is 23.2 Å². The van der Waals surface area contributed by atoms with Crippen LogP contribution < -0.4 is 21.7 Å². The predicted molar refractivity (Wildman–Crippen MR) is 78.8 cm³/mol. The summed E-state index contributed by atoms with van der Waals surface area (Å²) in [5.74, 6) is -0.720. The van der Waals surface area contributed by atoms with Crippen molar-refractivity contribution in [3.05, 3.63) is 22.7 Å². The van der Waals surface area contributed by atoms with Gasteiger partial charge in [0.15, 0.2) is 0 Å². The van der Waals surface area contributed by atoms with E-state index in [0.29, 0.717) is 29.4 Å². The number of halogens is 1. The first kappa shape index (κ1) is 14.5. The summed E-state index contributed by atoms with van der Waals surface area (Å²) in [5.41, 5.74) is 12.2. The monoisotopic (exact) mass is 296 g/mol. The Bertz CT molecular complexity index is 562. The van der Waals surface area contributed by atoms with E-state index < -0.39 is 5.91 Å². The summed E-state index contributed by atoms with van der Waals surface area (Å²) in [6, 6.07) is 2.70. The van der Waals surface area contributed by atoms with Crippen molar-refractivity contribution < 1.29 is 9.59 Å². The fraction of sp³-hybridized carbons (Fsp3) is 0.385. The number of rotatable bonds is 3. The average Bonchev–Trinajstić information content (AvgIpc) is 2.85. The van der Waals surface area contributed by atoms with Crippen molar-refractivity contribution >= 4 is 34.8 Å². The molecule has 1 heterocycles. The number of carbonyl (C=O) groups is 2. The zero-order valence-corrected chi connectivity index (χ0v) is 11.9. The second kappa shape index (κ2) is 5.58. The van der Waals surface area contributed by atoms with E-state index in [1.165, 1.54) is 6.07 Å². The molecule has 6 nitrogen and oxygen atoms in total. The normalized spacial score (nSPS) is 18.1. The molecule has 0 bridgehead atoms. The second-order valence-electron chi connectivity index (χ2n) is 4.73.